The van der Waals surface area contributed by atoms with Crippen molar-refractivity contribution < 1.29 is 0 Å². The van der Waals surface area contributed by atoms with E-state index in [1.165, 1.54) is 0 Å². The van der Waals surface area contributed by atoms with Crippen LogP contribution in [0.3, 0.4) is 0 Å². The molecule has 7 nitrogen and oxygen atoms in total. The van der Waals surface area contributed by atoms with Gasteiger partial charge in [0, 0.05) is 33.6 Å². The topological polar surface area (TPSA) is 74.3 Å². The van der Waals surface area contributed by atoms with E-state index >= 15 is 0 Å². The lowest BCUT2D eigenvalue weighted by molar-refractivity contribution is 0.651. The van der Waals surface area contributed by atoms with Crippen LogP contribution in [0.4, 0.5) is 0 Å². The molecule has 0 N–H and O–H groups in total. The number of pyridine rings is 1. The molecule has 0 atom stereocenters. The molecular weight excluding hydrogens is 481 g/mol. The summed E-state index contributed by atoms with van der Waals surface area (Å²) >= 11 is 18.8. The normalized spacial score (nSPS) is 11.2. The largest absolute Gasteiger partial charge is 0.265 e. The molecule has 5 aromatic rings. The lowest BCUT2D eigenvalue weighted by Crippen LogP contribution is -2.05. The Morgan fingerprint density at radius 1 is 0.879 bits per heavy atom. The molecule has 10 heteroatoms. The second-order valence-electron chi connectivity index (χ2n) is 7.35. The number of nitrogens with zero attached hydrogens (tertiary/aromatic N) is 7. The monoisotopic (exact) mass is 495 g/mol. The van der Waals surface area contributed by atoms with E-state index in [1.807, 2.05) is 49.4 Å². The first-order chi connectivity index (χ1) is 16.0. The van der Waals surface area contributed by atoms with Crippen LogP contribution in [0.2, 0.25) is 15.1 Å². The smallest absolute Gasteiger partial charge is 0.203 e. The molecule has 3 heterocycles. The predicted octanol–water partition coefficient (Wildman–Crippen LogP) is 5.90. The van der Waals surface area contributed by atoms with E-state index in [1.54, 1.807) is 33.9 Å². The summed E-state index contributed by atoms with van der Waals surface area (Å²) in [5.74, 6) is 0.545. The lowest BCUT2D eigenvalue weighted by atomic mass is 10.1. The minimum Gasteiger partial charge on any atom is -0.265 e. The van der Waals surface area contributed by atoms with Gasteiger partial charge in [-0.3, -0.25) is 4.98 Å². The molecule has 164 valence electrons. The van der Waals surface area contributed by atoms with Crippen LogP contribution in [0.1, 0.15) is 11.1 Å². The summed E-state index contributed by atoms with van der Waals surface area (Å²) in [5.41, 5.74) is 5.03. The third-order valence-corrected chi connectivity index (χ3v) is 5.99. The van der Waals surface area contributed by atoms with Crippen LogP contribution in [-0.2, 0) is 6.54 Å². The van der Waals surface area contributed by atoms with Gasteiger partial charge in [-0.2, -0.15) is 5.10 Å². The van der Waals surface area contributed by atoms with Crippen molar-refractivity contribution in [3.05, 3.63) is 93.2 Å². The Kier molecular flexibility index (Phi) is 5.85. The molecule has 33 heavy (non-hydrogen) atoms. The molecule has 0 unspecified atom stereocenters. The number of tetrazole rings is 1. The minimum atomic E-state index is 0.475. The molecule has 0 bridgehead atoms. The van der Waals surface area contributed by atoms with Crippen molar-refractivity contribution >= 4 is 34.8 Å². The number of aromatic nitrogens is 7. The van der Waals surface area contributed by atoms with E-state index in [0.29, 0.717) is 38.8 Å². The van der Waals surface area contributed by atoms with E-state index in [-0.39, 0.29) is 0 Å². The van der Waals surface area contributed by atoms with E-state index in [0.717, 1.165) is 22.4 Å². The van der Waals surface area contributed by atoms with Crippen molar-refractivity contribution in [2.75, 3.05) is 0 Å². The third kappa shape index (κ3) is 4.23. The Morgan fingerprint density at radius 2 is 1.61 bits per heavy atom. The molecule has 3 aromatic heterocycles. The van der Waals surface area contributed by atoms with Crippen molar-refractivity contribution in [3.8, 4) is 28.5 Å². The maximum absolute atomic E-state index is 6.56. The highest BCUT2D eigenvalue weighted by Gasteiger charge is 2.23. The van der Waals surface area contributed by atoms with Gasteiger partial charge in [0.25, 0.3) is 0 Å². The molecular formula is C23H16Cl3N7. The van der Waals surface area contributed by atoms with Gasteiger partial charge in [-0.1, -0.05) is 46.9 Å². The van der Waals surface area contributed by atoms with Crippen LogP contribution in [0.25, 0.3) is 28.5 Å². The summed E-state index contributed by atoms with van der Waals surface area (Å²) in [5, 5.41) is 18.9. The molecule has 0 amide bonds. The Morgan fingerprint density at radius 3 is 2.33 bits per heavy atom. The lowest BCUT2D eigenvalue weighted by Gasteiger charge is -2.11. The zero-order valence-electron chi connectivity index (χ0n) is 17.3. The molecule has 2 aromatic carbocycles. The van der Waals surface area contributed by atoms with Gasteiger partial charge >= 0.3 is 0 Å². The second kappa shape index (κ2) is 8.94. The zero-order chi connectivity index (χ0) is 22.9. The zero-order valence-corrected chi connectivity index (χ0v) is 19.6. The molecule has 5 rings (SSSR count). The van der Waals surface area contributed by atoms with E-state index < -0.39 is 0 Å². The second-order valence-corrected chi connectivity index (χ2v) is 8.63. The van der Waals surface area contributed by atoms with Crippen molar-refractivity contribution in [1.29, 1.82) is 0 Å². The maximum atomic E-state index is 6.56. The van der Waals surface area contributed by atoms with Crippen LogP contribution in [-0.4, -0.2) is 35.0 Å². The van der Waals surface area contributed by atoms with Crippen molar-refractivity contribution in [2.24, 2.45) is 0 Å². The van der Waals surface area contributed by atoms with E-state index in [4.69, 9.17) is 39.9 Å². The molecule has 0 spiro atoms. The van der Waals surface area contributed by atoms with Crippen molar-refractivity contribution in [1.82, 2.24) is 35.0 Å². The third-order valence-electron chi connectivity index (χ3n) is 5.20. The van der Waals surface area contributed by atoms with Crippen LogP contribution in [0.15, 0.2) is 67.0 Å². The molecule has 0 fully saturated rings. The van der Waals surface area contributed by atoms with Crippen LogP contribution in [0.5, 0.6) is 0 Å². The first-order valence-corrected chi connectivity index (χ1v) is 11.1. The fourth-order valence-corrected chi connectivity index (χ4v) is 4.24. The van der Waals surface area contributed by atoms with Crippen molar-refractivity contribution in [3.63, 3.8) is 0 Å². The van der Waals surface area contributed by atoms with Gasteiger partial charge in [0.1, 0.15) is 5.69 Å². The highest BCUT2D eigenvalue weighted by Crippen LogP contribution is 2.35. The number of hydrogen-bond acceptors (Lipinski definition) is 5. The average molecular weight is 497 g/mol. The van der Waals surface area contributed by atoms with Crippen molar-refractivity contribution in [2.45, 2.75) is 13.5 Å². The SMILES string of the molecule is Cc1c(-c2nnnn2Cc2ccncc2)nn(-c2ccc(Cl)cc2Cl)c1-c1ccc(Cl)cc1. The maximum Gasteiger partial charge on any atom is 0.203 e. The summed E-state index contributed by atoms with van der Waals surface area (Å²) < 4.78 is 3.50. The Balaban J connectivity index is 1.69. The van der Waals surface area contributed by atoms with Gasteiger partial charge in [0.2, 0.25) is 5.82 Å². The van der Waals surface area contributed by atoms with E-state index in [9.17, 15) is 0 Å². The fourth-order valence-electron chi connectivity index (χ4n) is 3.62. The molecule has 0 aliphatic carbocycles. The molecule has 0 radical (unpaired) electrons. The van der Waals surface area contributed by atoms with Gasteiger partial charge in [0.05, 0.1) is 22.9 Å². The number of hydrogen-bond donors (Lipinski definition) is 0. The number of benzene rings is 2. The van der Waals surface area contributed by atoms with Gasteiger partial charge in [0.15, 0.2) is 0 Å². The van der Waals surface area contributed by atoms with Gasteiger partial charge in [-0.15, -0.1) is 5.10 Å². The fraction of sp³-hybridized carbons (Fsp3) is 0.0870. The first kappa shape index (κ1) is 21.6. The number of rotatable bonds is 5. The van der Waals surface area contributed by atoms with Gasteiger partial charge < -0.3 is 0 Å². The van der Waals surface area contributed by atoms with Crippen LogP contribution >= 0.6 is 34.8 Å². The molecule has 0 saturated carbocycles. The molecule has 0 saturated heterocycles. The highest BCUT2D eigenvalue weighted by atomic mass is 35.5. The van der Waals surface area contributed by atoms with Crippen LogP contribution in [0, 0.1) is 6.92 Å². The summed E-state index contributed by atoms with van der Waals surface area (Å²) in [4.78, 5) is 4.06. The molecule has 0 aliphatic heterocycles. The number of halogens is 3. The summed E-state index contributed by atoms with van der Waals surface area (Å²) in [6.07, 6.45) is 3.47. The summed E-state index contributed by atoms with van der Waals surface area (Å²) in [7, 11) is 0. The summed E-state index contributed by atoms with van der Waals surface area (Å²) in [6, 6.07) is 16.7. The van der Waals surface area contributed by atoms with Gasteiger partial charge in [-0.05, 0) is 65.4 Å². The minimum absolute atomic E-state index is 0.475. The van der Waals surface area contributed by atoms with Gasteiger partial charge in [-0.25, -0.2) is 9.36 Å². The standard InChI is InChI=1S/C23H16Cl3N7/c1-14-21(23-28-30-31-32(23)13-15-8-10-27-11-9-15)29-33(20-7-6-18(25)12-19(20)26)22(14)16-2-4-17(24)5-3-16/h2-12H,13H2,1H3. The molecule has 0 aliphatic rings. The Hall–Kier alpha value is -3.26. The quantitative estimate of drug-likeness (QED) is 0.303. The average Bonchev–Trinajstić information content (AvgIpc) is 3.39. The predicted molar refractivity (Wildman–Crippen MR) is 129 cm³/mol. The highest BCUT2D eigenvalue weighted by molar-refractivity contribution is 6.35. The summed E-state index contributed by atoms with van der Waals surface area (Å²) in [6.45, 7) is 2.47. The van der Waals surface area contributed by atoms with E-state index in [2.05, 4.69) is 20.5 Å². The van der Waals surface area contributed by atoms with Crippen LogP contribution < -0.4 is 0 Å². The Labute approximate surface area is 204 Å². The first-order valence-electron chi connectivity index (χ1n) is 9.97. The Bertz CT molecular complexity index is 1430.